The van der Waals surface area contributed by atoms with Crippen LogP contribution in [0.15, 0.2) is 23.7 Å². The molecule has 158 valence electrons. The highest BCUT2D eigenvalue weighted by Crippen LogP contribution is 2.33. The first-order valence-electron chi connectivity index (χ1n) is 10.4. The third kappa shape index (κ3) is 3.34. The largest absolute Gasteiger partial charge is 0.338 e. The lowest BCUT2D eigenvalue weighted by Crippen LogP contribution is -2.65. The summed E-state index contributed by atoms with van der Waals surface area (Å²) in [5.74, 6) is -0.783. The van der Waals surface area contributed by atoms with Crippen molar-refractivity contribution in [3.05, 3.63) is 29.3 Å². The molecule has 30 heavy (non-hydrogen) atoms. The number of benzene rings is 1. The molecule has 1 aliphatic carbocycles. The smallest absolute Gasteiger partial charge is 0.324 e. The molecular formula is C21H23FN4O3S. The number of carbonyl (C=O) groups is 3. The van der Waals surface area contributed by atoms with Crippen LogP contribution in [0, 0.1) is 5.92 Å². The molecule has 3 atom stereocenters. The minimum atomic E-state index is -0.984. The van der Waals surface area contributed by atoms with E-state index in [1.54, 1.807) is 16.5 Å². The van der Waals surface area contributed by atoms with Crippen molar-refractivity contribution in [1.82, 2.24) is 20.1 Å². The zero-order valence-corrected chi connectivity index (χ0v) is 17.2. The standard InChI is InChI=1S/C21H23FN4O3S/c22-13-2-4-16-15(10-13)20(28)26(21(29)24-16)14-5-7-25(8-6-14)19(27)12-1-3-17-18(9-12)30-11-23-17/h1,3,9,11,13-16H,2,4-8,10H2,(H,24,29). The minimum absolute atomic E-state index is 0.0502. The Morgan fingerprint density at radius 2 is 1.97 bits per heavy atom. The van der Waals surface area contributed by atoms with Crippen LogP contribution in [0.25, 0.3) is 10.2 Å². The average Bonchev–Trinajstić information content (AvgIpc) is 3.22. The van der Waals surface area contributed by atoms with E-state index in [1.807, 2.05) is 12.1 Å². The molecule has 7 nitrogen and oxygen atoms in total. The summed E-state index contributed by atoms with van der Waals surface area (Å²) in [4.78, 5) is 45.8. The average molecular weight is 431 g/mol. The second-order valence-electron chi connectivity index (χ2n) is 8.34. The Balaban J connectivity index is 1.25. The third-order valence-electron chi connectivity index (χ3n) is 6.56. The van der Waals surface area contributed by atoms with E-state index < -0.39 is 12.1 Å². The van der Waals surface area contributed by atoms with Crippen LogP contribution < -0.4 is 5.32 Å². The maximum absolute atomic E-state index is 13.8. The van der Waals surface area contributed by atoms with Crippen LogP contribution in [0.4, 0.5) is 9.18 Å². The van der Waals surface area contributed by atoms with Gasteiger partial charge in [0, 0.05) is 30.7 Å². The minimum Gasteiger partial charge on any atom is -0.338 e. The van der Waals surface area contributed by atoms with Gasteiger partial charge in [0.2, 0.25) is 5.91 Å². The van der Waals surface area contributed by atoms with E-state index in [9.17, 15) is 18.8 Å². The molecule has 3 aliphatic rings. The van der Waals surface area contributed by atoms with Gasteiger partial charge in [-0.25, -0.2) is 14.2 Å². The van der Waals surface area contributed by atoms with Crippen LogP contribution in [0.2, 0.25) is 0 Å². The van der Waals surface area contributed by atoms with Gasteiger partial charge < -0.3 is 10.2 Å². The fourth-order valence-electron chi connectivity index (χ4n) is 4.92. The quantitative estimate of drug-likeness (QED) is 0.794. The highest BCUT2D eigenvalue weighted by atomic mass is 32.1. The molecular weight excluding hydrogens is 407 g/mol. The highest BCUT2D eigenvalue weighted by Gasteiger charge is 2.47. The van der Waals surface area contributed by atoms with Gasteiger partial charge in [-0.1, -0.05) is 0 Å². The molecule has 4 amide bonds. The van der Waals surface area contributed by atoms with Crippen LogP contribution in [0.5, 0.6) is 0 Å². The molecule has 2 saturated heterocycles. The van der Waals surface area contributed by atoms with Crippen LogP contribution in [-0.2, 0) is 4.79 Å². The number of carbonyl (C=O) groups excluding carboxylic acids is 3. The first kappa shape index (κ1) is 19.4. The number of likely N-dealkylation sites (tertiary alicyclic amines) is 1. The Morgan fingerprint density at radius 3 is 2.77 bits per heavy atom. The molecule has 2 aromatic rings. The monoisotopic (exact) mass is 430 g/mol. The lowest BCUT2D eigenvalue weighted by Gasteiger charge is -2.45. The summed E-state index contributed by atoms with van der Waals surface area (Å²) >= 11 is 1.50. The number of amides is 4. The Labute approximate surface area is 177 Å². The number of thiazole rings is 1. The first-order valence-corrected chi connectivity index (χ1v) is 11.3. The molecule has 3 fully saturated rings. The summed E-state index contributed by atoms with van der Waals surface area (Å²) in [6.07, 6.45) is 1.16. The van der Waals surface area contributed by atoms with Gasteiger partial charge in [0.1, 0.15) is 6.17 Å². The number of halogens is 1. The van der Waals surface area contributed by atoms with Crippen molar-refractivity contribution < 1.29 is 18.8 Å². The van der Waals surface area contributed by atoms with Crippen LogP contribution >= 0.6 is 11.3 Å². The fourth-order valence-corrected chi connectivity index (χ4v) is 5.63. The zero-order valence-electron chi connectivity index (χ0n) is 16.4. The molecule has 3 heterocycles. The number of rotatable bonds is 2. The van der Waals surface area contributed by atoms with Crippen molar-refractivity contribution in [2.24, 2.45) is 5.92 Å². The lowest BCUT2D eigenvalue weighted by molar-refractivity contribution is -0.140. The van der Waals surface area contributed by atoms with Gasteiger partial charge >= 0.3 is 6.03 Å². The molecule has 1 saturated carbocycles. The number of piperidine rings is 1. The van der Waals surface area contributed by atoms with E-state index in [4.69, 9.17) is 0 Å². The Kier molecular flexibility index (Phi) is 4.92. The summed E-state index contributed by atoms with van der Waals surface area (Å²) in [5, 5.41) is 2.91. The summed E-state index contributed by atoms with van der Waals surface area (Å²) in [7, 11) is 0. The van der Waals surface area contributed by atoms with Crippen molar-refractivity contribution in [2.75, 3.05) is 13.1 Å². The molecule has 3 unspecified atom stereocenters. The number of nitrogens with one attached hydrogen (secondary N) is 1. The summed E-state index contributed by atoms with van der Waals surface area (Å²) < 4.78 is 14.8. The number of fused-ring (bicyclic) bond motifs is 2. The topological polar surface area (TPSA) is 82.6 Å². The second-order valence-corrected chi connectivity index (χ2v) is 9.23. The Morgan fingerprint density at radius 1 is 1.17 bits per heavy atom. The van der Waals surface area contributed by atoms with Crippen molar-refractivity contribution in [1.29, 1.82) is 0 Å². The molecule has 1 aromatic carbocycles. The molecule has 2 aliphatic heterocycles. The van der Waals surface area contributed by atoms with Gasteiger partial charge in [-0.3, -0.25) is 14.5 Å². The van der Waals surface area contributed by atoms with Crippen LogP contribution in [-0.4, -0.2) is 64.0 Å². The molecule has 5 rings (SSSR count). The molecule has 1 N–H and O–H groups in total. The van der Waals surface area contributed by atoms with Crippen molar-refractivity contribution >= 4 is 39.4 Å². The molecule has 0 radical (unpaired) electrons. The predicted octanol–water partition coefficient (Wildman–Crippen LogP) is 2.96. The number of aromatic nitrogens is 1. The van der Waals surface area contributed by atoms with Gasteiger partial charge in [0.05, 0.1) is 21.6 Å². The molecule has 0 bridgehead atoms. The van der Waals surface area contributed by atoms with Crippen molar-refractivity contribution in [3.8, 4) is 0 Å². The van der Waals surface area contributed by atoms with E-state index in [0.717, 1.165) is 10.2 Å². The normalized spacial score (nSPS) is 27.8. The second kappa shape index (κ2) is 7.61. The van der Waals surface area contributed by atoms with E-state index in [1.165, 1.54) is 16.2 Å². The van der Waals surface area contributed by atoms with E-state index in [-0.39, 0.29) is 36.3 Å². The number of alkyl halides is 1. The maximum Gasteiger partial charge on any atom is 0.324 e. The fraction of sp³-hybridized carbons (Fsp3) is 0.524. The molecule has 9 heteroatoms. The molecule has 0 spiro atoms. The summed E-state index contributed by atoms with van der Waals surface area (Å²) in [6, 6.07) is 4.61. The van der Waals surface area contributed by atoms with Gasteiger partial charge in [0.15, 0.2) is 0 Å². The lowest BCUT2D eigenvalue weighted by atomic mass is 9.80. The van der Waals surface area contributed by atoms with Crippen molar-refractivity contribution in [3.63, 3.8) is 0 Å². The van der Waals surface area contributed by atoms with Crippen molar-refractivity contribution in [2.45, 2.75) is 50.4 Å². The van der Waals surface area contributed by atoms with Crippen LogP contribution in [0.1, 0.15) is 42.5 Å². The van der Waals surface area contributed by atoms with Gasteiger partial charge in [-0.15, -0.1) is 11.3 Å². The van der Waals surface area contributed by atoms with Gasteiger partial charge in [-0.2, -0.15) is 0 Å². The first-order chi connectivity index (χ1) is 14.5. The zero-order chi connectivity index (χ0) is 20.8. The number of nitrogens with zero attached hydrogens (tertiary/aromatic N) is 3. The highest BCUT2D eigenvalue weighted by molar-refractivity contribution is 7.16. The Hall–Kier alpha value is -2.55. The summed E-state index contributed by atoms with van der Waals surface area (Å²) in [5.41, 5.74) is 3.25. The third-order valence-corrected chi connectivity index (χ3v) is 7.36. The number of hydrogen-bond donors (Lipinski definition) is 1. The summed E-state index contributed by atoms with van der Waals surface area (Å²) in [6.45, 7) is 0.947. The number of hydrogen-bond acceptors (Lipinski definition) is 5. The van der Waals surface area contributed by atoms with Gasteiger partial charge in [0.25, 0.3) is 5.91 Å². The Bertz CT molecular complexity index is 1000. The molecule has 1 aromatic heterocycles. The van der Waals surface area contributed by atoms with E-state index in [0.29, 0.717) is 44.3 Å². The van der Waals surface area contributed by atoms with Gasteiger partial charge in [-0.05, 0) is 50.3 Å². The number of urea groups is 1. The SMILES string of the molecule is O=C(c1ccc2ncsc2c1)N1CCC(N2C(=O)NC3CCC(F)CC3C2=O)CC1. The predicted molar refractivity (Wildman–Crippen MR) is 110 cm³/mol. The maximum atomic E-state index is 13.8. The van der Waals surface area contributed by atoms with E-state index in [2.05, 4.69) is 10.3 Å². The number of imide groups is 1. The van der Waals surface area contributed by atoms with Crippen LogP contribution in [0.3, 0.4) is 0 Å². The van der Waals surface area contributed by atoms with E-state index >= 15 is 0 Å².